The molecule has 0 aliphatic carbocycles. The van der Waals surface area contributed by atoms with Crippen LogP contribution in [0.1, 0.15) is 26.7 Å². The highest BCUT2D eigenvalue weighted by molar-refractivity contribution is 5.93. The summed E-state index contributed by atoms with van der Waals surface area (Å²) in [4.78, 5) is 23.7. The Labute approximate surface area is 131 Å². The Morgan fingerprint density at radius 3 is 2.32 bits per heavy atom. The van der Waals surface area contributed by atoms with Crippen LogP contribution < -0.4 is 21.3 Å². The molecule has 1 aliphatic rings. The van der Waals surface area contributed by atoms with E-state index in [-0.39, 0.29) is 23.9 Å². The van der Waals surface area contributed by atoms with Crippen molar-refractivity contribution < 1.29 is 9.59 Å². The molecule has 2 rings (SSSR count). The first-order valence-corrected chi connectivity index (χ1v) is 7.74. The van der Waals surface area contributed by atoms with Gasteiger partial charge in [0.15, 0.2) is 0 Å². The quantitative estimate of drug-likeness (QED) is 0.688. The van der Waals surface area contributed by atoms with Crippen LogP contribution in [0.15, 0.2) is 24.3 Å². The highest BCUT2D eigenvalue weighted by Crippen LogP contribution is 2.16. The lowest BCUT2D eigenvalue weighted by atomic mass is 9.99. The zero-order valence-corrected chi connectivity index (χ0v) is 13.1. The molecule has 1 unspecified atom stereocenters. The first kappa shape index (κ1) is 16.3. The molecule has 0 spiro atoms. The standard InChI is InChI=1S/C16H24N4O2/c1-11(2)18-16(22)20-14-7-5-13(6-8-14)19-15(21)12-4-3-9-17-10-12/h5-8,11-12,17H,3-4,9-10H2,1-2H3,(H,19,21)(H2,18,20,22). The molecule has 3 amide bonds. The van der Waals surface area contributed by atoms with Crippen LogP contribution in [0.4, 0.5) is 16.2 Å². The number of rotatable bonds is 4. The number of hydrogen-bond donors (Lipinski definition) is 4. The average Bonchev–Trinajstić information content (AvgIpc) is 2.49. The summed E-state index contributed by atoms with van der Waals surface area (Å²) < 4.78 is 0. The van der Waals surface area contributed by atoms with E-state index in [1.807, 2.05) is 13.8 Å². The Bertz CT molecular complexity index is 507. The fourth-order valence-electron chi connectivity index (χ4n) is 2.39. The number of benzene rings is 1. The smallest absolute Gasteiger partial charge is 0.319 e. The van der Waals surface area contributed by atoms with E-state index in [1.165, 1.54) is 0 Å². The number of amides is 3. The van der Waals surface area contributed by atoms with Gasteiger partial charge < -0.3 is 21.3 Å². The van der Waals surface area contributed by atoms with Crippen LogP contribution in [0.5, 0.6) is 0 Å². The molecule has 1 fully saturated rings. The SMILES string of the molecule is CC(C)NC(=O)Nc1ccc(NC(=O)C2CCCNC2)cc1. The van der Waals surface area contributed by atoms with Crippen molar-refractivity contribution in [1.82, 2.24) is 10.6 Å². The lowest BCUT2D eigenvalue weighted by Crippen LogP contribution is -2.37. The Balaban J connectivity index is 1.86. The number of nitrogens with one attached hydrogen (secondary N) is 4. The third kappa shape index (κ3) is 5.04. The minimum absolute atomic E-state index is 0.0309. The average molecular weight is 304 g/mol. The molecule has 0 radical (unpaired) electrons. The van der Waals surface area contributed by atoms with Crippen molar-refractivity contribution in [3.05, 3.63) is 24.3 Å². The van der Waals surface area contributed by atoms with E-state index in [0.717, 1.165) is 31.6 Å². The van der Waals surface area contributed by atoms with E-state index in [2.05, 4.69) is 21.3 Å². The molecule has 4 N–H and O–H groups in total. The van der Waals surface area contributed by atoms with Crippen LogP contribution in [0, 0.1) is 5.92 Å². The van der Waals surface area contributed by atoms with Gasteiger partial charge in [0.05, 0.1) is 5.92 Å². The number of urea groups is 1. The molecule has 1 aromatic rings. The molecule has 1 aliphatic heterocycles. The Morgan fingerprint density at radius 2 is 1.77 bits per heavy atom. The summed E-state index contributed by atoms with van der Waals surface area (Å²) in [6, 6.07) is 6.98. The van der Waals surface area contributed by atoms with Gasteiger partial charge in [0.25, 0.3) is 0 Å². The molecule has 1 heterocycles. The second-order valence-corrected chi connectivity index (χ2v) is 5.86. The number of piperidine rings is 1. The summed E-state index contributed by atoms with van der Waals surface area (Å²) in [7, 11) is 0. The predicted molar refractivity (Wildman–Crippen MR) is 88.0 cm³/mol. The normalized spacial score (nSPS) is 17.9. The van der Waals surface area contributed by atoms with E-state index in [1.54, 1.807) is 24.3 Å². The molecule has 6 nitrogen and oxygen atoms in total. The van der Waals surface area contributed by atoms with Crippen LogP contribution in [0.3, 0.4) is 0 Å². The minimum atomic E-state index is -0.236. The molecule has 22 heavy (non-hydrogen) atoms. The van der Waals surface area contributed by atoms with Gasteiger partial charge in [-0.1, -0.05) is 0 Å². The molecule has 1 saturated heterocycles. The topological polar surface area (TPSA) is 82.3 Å². The van der Waals surface area contributed by atoms with Gasteiger partial charge in [-0.3, -0.25) is 4.79 Å². The van der Waals surface area contributed by atoms with Crippen molar-refractivity contribution >= 4 is 23.3 Å². The van der Waals surface area contributed by atoms with E-state index in [4.69, 9.17) is 0 Å². The number of hydrogen-bond acceptors (Lipinski definition) is 3. The highest BCUT2D eigenvalue weighted by atomic mass is 16.2. The van der Waals surface area contributed by atoms with Crippen LogP contribution in [-0.4, -0.2) is 31.1 Å². The maximum atomic E-state index is 12.1. The molecule has 1 atom stereocenters. The number of carbonyl (C=O) groups is 2. The lowest BCUT2D eigenvalue weighted by Gasteiger charge is -2.21. The van der Waals surface area contributed by atoms with Gasteiger partial charge >= 0.3 is 6.03 Å². The first-order chi connectivity index (χ1) is 10.5. The lowest BCUT2D eigenvalue weighted by molar-refractivity contribution is -0.120. The van der Waals surface area contributed by atoms with Gasteiger partial charge in [-0.2, -0.15) is 0 Å². The van der Waals surface area contributed by atoms with Crippen LogP contribution in [-0.2, 0) is 4.79 Å². The number of anilines is 2. The summed E-state index contributed by atoms with van der Waals surface area (Å²) in [6.45, 7) is 5.53. The van der Waals surface area contributed by atoms with Gasteiger partial charge in [-0.15, -0.1) is 0 Å². The van der Waals surface area contributed by atoms with Gasteiger partial charge in [0, 0.05) is 24.0 Å². The van der Waals surface area contributed by atoms with Crippen molar-refractivity contribution in [2.75, 3.05) is 23.7 Å². The third-order valence-corrected chi connectivity index (χ3v) is 3.50. The fourth-order valence-corrected chi connectivity index (χ4v) is 2.39. The fraction of sp³-hybridized carbons (Fsp3) is 0.500. The molecule has 120 valence electrons. The predicted octanol–water partition coefficient (Wildman–Crippen LogP) is 2.15. The first-order valence-electron chi connectivity index (χ1n) is 7.74. The van der Waals surface area contributed by atoms with Crippen molar-refractivity contribution in [3.8, 4) is 0 Å². The zero-order chi connectivity index (χ0) is 15.9. The van der Waals surface area contributed by atoms with E-state index >= 15 is 0 Å². The van der Waals surface area contributed by atoms with Gasteiger partial charge in [0.1, 0.15) is 0 Å². The van der Waals surface area contributed by atoms with Crippen LogP contribution in [0.25, 0.3) is 0 Å². The van der Waals surface area contributed by atoms with Crippen molar-refractivity contribution in [2.24, 2.45) is 5.92 Å². The summed E-state index contributed by atoms with van der Waals surface area (Å²) in [5.41, 5.74) is 1.43. The Morgan fingerprint density at radius 1 is 1.14 bits per heavy atom. The maximum Gasteiger partial charge on any atom is 0.319 e. The highest BCUT2D eigenvalue weighted by Gasteiger charge is 2.20. The molecular formula is C16H24N4O2. The molecule has 0 bridgehead atoms. The zero-order valence-electron chi connectivity index (χ0n) is 13.1. The summed E-state index contributed by atoms with van der Waals surface area (Å²) in [5.74, 6) is 0.0776. The summed E-state index contributed by atoms with van der Waals surface area (Å²) in [6.07, 6.45) is 1.96. The Hall–Kier alpha value is -2.08. The second kappa shape index (κ2) is 7.79. The van der Waals surface area contributed by atoms with Crippen molar-refractivity contribution in [3.63, 3.8) is 0 Å². The van der Waals surface area contributed by atoms with Gasteiger partial charge in [-0.05, 0) is 57.5 Å². The third-order valence-electron chi connectivity index (χ3n) is 3.50. The van der Waals surface area contributed by atoms with Gasteiger partial charge in [-0.25, -0.2) is 4.79 Å². The van der Waals surface area contributed by atoms with E-state index < -0.39 is 0 Å². The van der Waals surface area contributed by atoms with Crippen molar-refractivity contribution in [2.45, 2.75) is 32.7 Å². The van der Waals surface area contributed by atoms with Crippen LogP contribution in [0.2, 0.25) is 0 Å². The largest absolute Gasteiger partial charge is 0.336 e. The molecular weight excluding hydrogens is 280 g/mol. The van der Waals surface area contributed by atoms with Crippen molar-refractivity contribution in [1.29, 1.82) is 0 Å². The maximum absolute atomic E-state index is 12.1. The van der Waals surface area contributed by atoms with Crippen LogP contribution >= 0.6 is 0 Å². The monoisotopic (exact) mass is 304 g/mol. The van der Waals surface area contributed by atoms with Gasteiger partial charge in [0.2, 0.25) is 5.91 Å². The molecule has 0 saturated carbocycles. The number of carbonyl (C=O) groups excluding carboxylic acids is 2. The minimum Gasteiger partial charge on any atom is -0.336 e. The second-order valence-electron chi connectivity index (χ2n) is 5.86. The van der Waals surface area contributed by atoms with E-state index in [9.17, 15) is 9.59 Å². The molecule has 1 aromatic carbocycles. The molecule has 0 aromatic heterocycles. The summed E-state index contributed by atoms with van der Waals surface area (Å²) >= 11 is 0. The summed E-state index contributed by atoms with van der Waals surface area (Å²) in [5, 5.41) is 11.6. The molecule has 6 heteroatoms. The Kier molecular flexibility index (Phi) is 5.77. The van der Waals surface area contributed by atoms with E-state index in [0.29, 0.717) is 5.69 Å².